The van der Waals surface area contributed by atoms with Gasteiger partial charge in [-0.25, -0.2) is 24.4 Å². The first-order valence-electron chi connectivity index (χ1n) is 3.45. The number of aromatic nitrogens is 1. The zero-order chi connectivity index (χ0) is 10.8. The molecule has 0 aliphatic carbocycles. The lowest BCUT2D eigenvalue weighted by molar-refractivity contribution is 0.0953. The van der Waals surface area contributed by atoms with Crippen molar-refractivity contribution in [3.63, 3.8) is 0 Å². The van der Waals surface area contributed by atoms with Gasteiger partial charge in [0.15, 0.2) is 5.03 Å². The van der Waals surface area contributed by atoms with Gasteiger partial charge in [0.25, 0.3) is 15.9 Å². The highest BCUT2D eigenvalue weighted by atomic mass is 32.2. The van der Waals surface area contributed by atoms with E-state index in [4.69, 9.17) is 11.0 Å². The summed E-state index contributed by atoms with van der Waals surface area (Å²) >= 11 is 0. The van der Waals surface area contributed by atoms with Gasteiger partial charge in [-0.3, -0.25) is 10.2 Å². The number of carbonyl (C=O) groups excluding carboxylic acids is 1. The highest BCUT2D eigenvalue weighted by molar-refractivity contribution is 7.89. The van der Waals surface area contributed by atoms with Gasteiger partial charge in [0.1, 0.15) is 0 Å². The summed E-state index contributed by atoms with van der Waals surface area (Å²) in [5.74, 6) is 4.25. The quantitative estimate of drug-likeness (QED) is 0.309. The molecule has 0 aromatic carbocycles. The Morgan fingerprint density at radius 2 is 2.14 bits per heavy atom. The molecule has 0 saturated heterocycles. The Labute approximate surface area is 80.1 Å². The van der Waals surface area contributed by atoms with Crippen molar-refractivity contribution in [3.05, 3.63) is 23.9 Å². The van der Waals surface area contributed by atoms with Gasteiger partial charge >= 0.3 is 0 Å². The van der Waals surface area contributed by atoms with Crippen molar-refractivity contribution in [3.8, 4) is 0 Å². The minimum Gasteiger partial charge on any atom is -0.290 e. The molecule has 7 nitrogen and oxygen atoms in total. The van der Waals surface area contributed by atoms with Crippen LogP contribution in [-0.2, 0) is 10.0 Å². The Balaban J connectivity index is 3.21. The van der Waals surface area contributed by atoms with Crippen LogP contribution in [0.15, 0.2) is 23.4 Å². The van der Waals surface area contributed by atoms with Gasteiger partial charge in [0, 0.05) is 11.8 Å². The van der Waals surface area contributed by atoms with Gasteiger partial charge in [0.2, 0.25) is 0 Å². The van der Waals surface area contributed by atoms with Crippen LogP contribution in [0.3, 0.4) is 0 Å². The second kappa shape index (κ2) is 3.70. The van der Waals surface area contributed by atoms with Crippen LogP contribution in [-0.4, -0.2) is 19.3 Å². The first-order chi connectivity index (χ1) is 6.45. The Morgan fingerprint density at radius 3 is 2.64 bits per heavy atom. The fraction of sp³-hybridized carbons (Fsp3) is 0. The zero-order valence-electron chi connectivity index (χ0n) is 6.97. The van der Waals surface area contributed by atoms with Crippen molar-refractivity contribution in [1.82, 2.24) is 10.4 Å². The minimum absolute atomic E-state index is 0.0755. The van der Waals surface area contributed by atoms with Crippen molar-refractivity contribution in [1.29, 1.82) is 0 Å². The number of sulfonamides is 1. The number of hydrazine groups is 1. The summed E-state index contributed by atoms with van der Waals surface area (Å²) in [6.07, 6.45) is 1.16. The van der Waals surface area contributed by atoms with E-state index in [1.54, 1.807) is 0 Å². The Bertz CT molecular complexity index is 456. The molecule has 1 rings (SSSR count). The van der Waals surface area contributed by atoms with E-state index in [2.05, 4.69) is 4.98 Å². The number of primary sulfonamides is 1. The van der Waals surface area contributed by atoms with Crippen molar-refractivity contribution in [2.24, 2.45) is 11.0 Å². The molecule has 5 N–H and O–H groups in total. The van der Waals surface area contributed by atoms with E-state index in [0.717, 1.165) is 12.3 Å². The maximum atomic E-state index is 11.0. The molecule has 1 amide bonds. The minimum atomic E-state index is -3.90. The molecule has 1 heterocycles. The van der Waals surface area contributed by atoms with Crippen molar-refractivity contribution in [2.75, 3.05) is 0 Å². The van der Waals surface area contributed by atoms with Crippen LogP contribution in [0.25, 0.3) is 0 Å². The standard InChI is InChI=1S/C6H8N4O3S/c7-10-6(11)4-1-2-9-5(3-4)14(8,12)13/h1-3H,7H2,(H,10,11)(H2,8,12,13). The third-order valence-corrected chi connectivity index (χ3v) is 2.23. The van der Waals surface area contributed by atoms with Gasteiger partial charge in [-0.2, -0.15) is 0 Å². The molecule has 0 atom stereocenters. The fourth-order valence-corrected chi connectivity index (χ4v) is 1.29. The largest absolute Gasteiger partial charge is 0.290 e. The SMILES string of the molecule is NNC(=O)c1ccnc(S(N)(=O)=O)c1. The number of amides is 1. The zero-order valence-corrected chi connectivity index (χ0v) is 7.78. The van der Waals surface area contributed by atoms with Crippen LogP contribution < -0.4 is 16.4 Å². The number of nitrogens with one attached hydrogen (secondary N) is 1. The Morgan fingerprint density at radius 1 is 1.50 bits per heavy atom. The lowest BCUT2D eigenvalue weighted by Gasteiger charge is -2.00. The average Bonchev–Trinajstić information content (AvgIpc) is 2.15. The van der Waals surface area contributed by atoms with Crippen molar-refractivity contribution >= 4 is 15.9 Å². The number of rotatable bonds is 2. The number of nitrogens with two attached hydrogens (primary N) is 2. The Hall–Kier alpha value is -1.51. The van der Waals surface area contributed by atoms with Crippen LogP contribution in [0.2, 0.25) is 0 Å². The number of carbonyl (C=O) groups is 1. The molecular weight excluding hydrogens is 208 g/mol. The topological polar surface area (TPSA) is 128 Å². The van der Waals surface area contributed by atoms with E-state index in [1.165, 1.54) is 6.07 Å². The molecule has 1 aromatic heterocycles. The molecule has 76 valence electrons. The molecule has 0 fully saturated rings. The van der Waals surface area contributed by atoms with Gasteiger partial charge < -0.3 is 0 Å². The molecule has 0 aliphatic rings. The Kier molecular flexibility index (Phi) is 2.79. The van der Waals surface area contributed by atoms with Gasteiger partial charge in [-0.05, 0) is 12.1 Å². The van der Waals surface area contributed by atoms with Gasteiger partial charge in [-0.15, -0.1) is 0 Å². The highest BCUT2D eigenvalue weighted by Crippen LogP contribution is 2.05. The van der Waals surface area contributed by atoms with Crippen molar-refractivity contribution < 1.29 is 13.2 Å². The third kappa shape index (κ3) is 2.25. The van der Waals surface area contributed by atoms with Gasteiger partial charge in [-0.1, -0.05) is 0 Å². The molecule has 0 aliphatic heterocycles. The number of hydrogen-bond acceptors (Lipinski definition) is 5. The van der Waals surface area contributed by atoms with E-state index in [9.17, 15) is 13.2 Å². The number of nitrogen functional groups attached to an aromatic ring is 1. The molecule has 8 heteroatoms. The average molecular weight is 216 g/mol. The van der Waals surface area contributed by atoms with E-state index >= 15 is 0 Å². The molecule has 0 unspecified atom stereocenters. The summed E-state index contributed by atoms with van der Waals surface area (Å²) < 4.78 is 21.7. The number of pyridine rings is 1. The summed E-state index contributed by atoms with van der Waals surface area (Å²) in [4.78, 5) is 14.5. The van der Waals surface area contributed by atoms with E-state index in [0.29, 0.717) is 0 Å². The van der Waals surface area contributed by atoms with Gasteiger partial charge in [0.05, 0.1) is 0 Å². The molecule has 14 heavy (non-hydrogen) atoms. The smallest absolute Gasteiger partial charge is 0.265 e. The summed E-state index contributed by atoms with van der Waals surface area (Å²) in [6, 6.07) is 2.36. The summed E-state index contributed by atoms with van der Waals surface area (Å²) in [7, 11) is -3.90. The number of hydrogen-bond donors (Lipinski definition) is 3. The first kappa shape index (κ1) is 10.6. The summed E-state index contributed by atoms with van der Waals surface area (Å²) in [6.45, 7) is 0. The van der Waals surface area contributed by atoms with Crippen LogP contribution in [0.4, 0.5) is 0 Å². The number of nitrogens with zero attached hydrogens (tertiary/aromatic N) is 1. The lowest BCUT2D eigenvalue weighted by atomic mass is 10.3. The van der Waals surface area contributed by atoms with Crippen molar-refractivity contribution in [2.45, 2.75) is 5.03 Å². The summed E-state index contributed by atoms with van der Waals surface area (Å²) in [5, 5.41) is 4.44. The highest BCUT2D eigenvalue weighted by Gasteiger charge is 2.12. The molecule has 0 spiro atoms. The third-order valence-electron chi connectivity index (χ3n) is 1.42. The second-order valence-electron chi connectivity index (χ2n) is 2.40. The normalized spacial score (nSPS) is 11.0. The molecule has 0 radical (unpaired) electrons. The molecule has 1 aromatic rings. The van der Waals surface area contributed by atoms with Crippen LogP contribution in [0, 0.1) is 0 Å². The summed E-state index contributed by atoms with van der Waals surface area (Å²) in [5.41, 5.74) is 1.93. The maximum absolute atomic E-state index is 11.0. The van der Waals surface area contributed by atoms with Crippen LogP contribution in [0.5, 0.6) is 0 Å². The van der Waals surface area contributed by atoms with E-state index < -0.39 is 15.9 Å². The first-order valence-corrected chi connectivity index (χ1v) is 4.99. The molecule has 0 bridgehead atoms. The fourth-order valence-electron chi connectivity index (χ4n) is 0.790. The van der Waals surface area contributed by atoms with Crippen LogP contribution in [0.1, 0.15) is 10.4 Å². The predicted molar refractivity (Wildman–Crippen MR) is 47.3 cm³/mol. The molecular formula is C6H8N4O3S. The maximum Gasteiger partial charge on any atom is 0.265 e. The monoisotopic (exact) mass is 216 g/mol. The van der Waals surface area contributed by atoms with Crippen LogP contribution >= 0.6 is 0 Å². The predicted octanol–water partition coefficient (Wildman–Crippen LogP) is -1.67. The molecule has 0 saturated carbocycles. The van der Waals surface area contributed by atoms with E-state index in [-0.39, 0.29) is 10.6 Å². The lowest BCUT2D eigenvalue weighted by Crippen LogP contribution is -2.30. The second-order valence-corrected chi connectivity index (χ2v) is 3.91. The van der Waals surface area contributed by atoms with E-state index in [1.807, 2.05) is 5.43 Å².